The first-order chi connectivity index (χ1) is 6.73. The number of carbonyl (C=O) groups is 1. The second-order valence-electron chi connectivity index (χ2n) is 4.78. The van der Waals surface area contributed by atoms with Crippen LogP contribution in [0.1, 0.15) is 38.5 Å². The van der Waals surface area contributed by atoms with Crippen molar-refractivity contribution in [2.24, 2.45) is 5.41 Å². The molecule has 2 aliphatic rings. The summed E-state index contributed by atoms with van der Waals surface area (Å²) in [6.45, 7) is 3.01. The molecule has 1 heterocycles. The minimum absolute atomic E-state index is 0. The molecule has 15 heavy (non-hydrogen) atoms. The lowest BCUT2D eigenvalue weighted by molar-refractivity contribution is -0.149. The molecule has 0 amide bonds. The standard InChI is InChI=1S/C11H19NO2.ClH/c13-10(14)11(5-1-2-6-11)9-12-7-3-4-8-12;/h1-9H2,(H,13,14);1H. The number of halogens is 1. The van der Waals surface area contributed by atoms with Crippen LogP contribution in [0.4, 0.5) is 0 Å². The Morgan fingerprint density at radius 3 is 2.13 bits per heavy atom. The minimum Gasteiger partial charge on any atom is -0.481 e. The number of carboxylic acids is 1. The van der Waals surface area contributed by atoms with E-state index < -0.39 is 11.4 Å². The Morgan fingerprint density at radius 2 is 1.67 bits per heavy atom. The number of aliphatic carboxylic acids is 1. The number of hydrogen-bond acceptors (Lipinski definition) is 2. The van der Waals surface area contributed by atoms with Gasteiger partial charge in [0.25, 0.3) is 0 Å². The molecule has 4 heteroatoms. The number of likely N-dealkylation sites (tertiary alicyclic amines) is 1. The highest BCUT2D eigenvalue weighted by Crippen LogP contribution is 2.39. The summed E-state index contributed by atoms with van der Waals surface area (Å²) in [7, 11) is 0. The lowest BCUT2D eigenvalue weighted by Crippen LogP contribution is -2.40. The van der Waals surface area contributed by atoms with Gasteiger partial charge in [-0.1, -0.05) is 12.8 Å². The molecule has 1 aliphatic heterocycles. The van der Waals surface area contributed by atoms with Crippen molar-refractivity contribution < 1.29 is 9.90 Å². The third kappa shape index (κ3) is 2.64. The van der Waals surface area contributed by atoms with E-state index in [1.807, 2.05) is 0 Å². The van der Waals surface area contributed by atoms with Gasteiger partial charge in [-0.3, -0.25) is 4.79 Å². The Balaban J connectivity index is 0.00000112. The van der Waals surface area contributed by atoms with E-state index in [1.54, 1.807) is 0 Å². The lowest BCUT2D eigenvalue weighted by atomic mass is 9.86. The second-order valence-corrected chi connectivity index (χ2v) is 4.78. The van der Waals surface area contributed by atoms with E-state index >= 15 is 0 Å². The highest BCUT2D eigenvalue weighted by molar-refractivity contribution is 5.85. The van der Waals surface area contributed by atoms with E-state index in [1.165, 1.54) is 12.8 Å². The third-order valence-electron chi connectivity index (χ3n) is 3.74. The maximum absolute atomic E-state index is 11.3. The van der Waals surface area contributed by atoms with Gasteiger partial charge in [0.05, 0.1) is 5.41 Å². The maximum atomic E-state index is 11.3. The number of rotatable bonds is 3. The minimum atomic E-state index is -0.568. The van der Waals surface area contributed by atoms with Crippen LogP contribution in [0.15, 0.2) is 0 Å². The summed E-state index contributed by atoms with van der Waals surface area (Å²) in [5.74, 6) is -0.568. The summed E-state index contributed by atoms with van der Waals surface area (Å²) in [5, 5.41) is 9.30. The van der Waals surface area contributed by atoms with Crippen LogP contribution < -0.4 is 0 Å². The molecule has 0 unspecified atom stereocenters. The summed E-state index contributed by atoms with van der Waals surface area (Å²) in [6.07, 6.45) is 6.46. The van der Waals surface area contributed by atoms with Gasteiger partial charge in [-0.25, -0.2) is 0 Å². The van der Waals surface area contributed by atoms with Gasteiger partial charge in [0.2, 0.25) is 0 Å². The van der Waals surface area contributed by atoms with E-state index in [0.29, 0.717) is 0 Å². The molecule has 0 spiro atoms. The van der Waals surface area contributed by atoms with E-state index in [4.69, 9.17) is 0 Å². The molecule has 1 saturated heterocycles. The molecule has 1 N–H and O–H groups in total. The van der Waals surface area contributed by atoms with Gasteiger partial charge in [0.1, 0.15) is 0 Å². The quantitative estimate of drug-likeness (QED) is 0.812. The molecule has 0 radical (unpaired) electrons. The van der Waals surface area contributed by atoms with Crippen molar-refractivity contribution >= 4 is 18.4 Å². The summed E-state index contributed by atoms with van der Waals surface area (Å²) in [5.41, 5.74) is -0.398. The summed E-state index contributed by atoms with van der Waals surface area (Å²) in [6, 6.07) is 0. The Morgan fingerprint density at radius 1 is 1.13 bits per heavy atom. The third-order valence-corrected chi connectivity index (χ3v) is 3.74. The smallest absolute Gasteiger partial charge is 0.310 e. The van der Waals surface area contributed by atoms with Gasteiger partial charge in [0, 0.05) is 6.54 Å². The van der Waals surface area contributed by atoms with Crippen LogP contribution in [-0.2, 0) is 4.79 Å². The van der Waals surface area contributed by atoms with E-state index in [0.717, 1.165) is 45.3 Å². The van der Waals surface area contributed by atoms with Gasteiger partial charge >= 0.3 is 5.97 Å². The Labute approximate surface area is 97.2 Å². The van der Waals surface area contributed by atoms with Crippen LogP contribution in [0.3, 0.4) is 0 Å². The average molecular weight is 234 g/mol. The Hall–Kier alpha value is -0.280. The predicted molar refractivity (Wildman–Crippen MR) is 61.5 cm³/mol. The molecule has 3 nitrogen and oxygen atoms in total. The Kier molecular flexibility index (Phi) is 4.41. The average Bonchev–Trinajstić information content (AvgIpc) is 2.76. The molecule has 2 fully saturated rings. The number of hydrogen-bond donors (Lipinski definition) is 1. The highest BCUT2D eigenvalue weighted by atomic mass is 35.5. The van der Waals surface area contributed by atoms with Crippen molar-refractivity contribution in [3.8, 4) is 0 Å². The van der Waals surface area contributed by atoms with Crippen molar-refractivity contribution in [2.45, 2.75) is 38.5 Å². The lowest BCUT2D eigenvalue weighted by Gasteiger charge is -2.29. The molecule has 1 aliphatic carbocycles. The maximum Gasteiger partial charge on any atom is 0.310 e. The number of carboxylic acid groups (broad SMARTS) is 1. The fourth-order valence-electron chi connectivity index (χ4n) is 2.86. The molecule has 0 aromatic rings. The summed E-state index contributed by atoms with van der Waals surface area (Å²) >= 11 is 0. The zero-order valence-corrected chi connectivity index (χ0v) is 9.89. The molecule has 1 saturated carbocycles. The number of nitrogens with zero attached hydrogens (tertiary/aromatic N) is 1. The van der Waals surface area contributed by atoms with E-state index in [9.17, 15) is 9.90 Å². The van der Waals surface area contributed by atoms with Crippen molar-refractivity contribution in [1.82, 2.24) is 4.90 Å². The van der Waals surface area contributed by atoms with Gasteiger partial charge in [-0.2, -0.15) is 0 Å². The van der Waals surface area contributed by atoms with Crippen LogP contribution in [0.25, 0.3) is 0 Å². The summed E-state index contributed by atoms with van der Waals surface area (Å²) in [4.78, 5) is 13.6. The molecule has 0 bridgehead atoms. The first-order valence-electron chi connectivity index (χ1n) is 5.69. The molecule has 0 aromatic heterocycles. The van der Waals surface area contributed by atoms with Crippen LogP contribution in [-0.4, -0.2) is 35.6 Å². The fourth-order valence-corrected chi connectivity index (χ4v) is 2.86. The van der Waals surface area contributed by atoms with Crippen molar-refractivity contribution in [1.29, 1.82) is 0 Å². The zero-order valence-electron chi connectivity index (χ0n) is 9.07. The molecular formula is C11H20ClNO2. The van der Waals surface area contributed by atoms with Crippen LogP contribution in [0.5, 0.6) is 0 Å². The van der Waals surface area contributed by atoms with Crippen LogP contribution in [0, 0.1) is 5.41 Å². The van der Waals surface area contributed by atoms with Gasteiger partial charge in [0.15, 0.2) is 0 Å². The SMILES string of the molecule is Cl.O=C(O)C1(CN2CCCC2)CCCC1. The van der Waals surface area contributed by atoms with Crippen molar-refractivity contribution in [3.05, 3.63) is 0 Å². The topological polar surface area (TPSA) is 40.5 Å². The van der Waals surface area contributed by atoms with Crippen molar-refractivity contribution in [2.75, 3.05) is 19.6 Å². The first kappa shape index (κ1) is 12.8. The van der Waals surface area contributed by atoms with Crippen LogP contribution in [0.2, 0.25) is 0 Å². The Bertz CT molecular complexity index is 221. The second kappa shape index (κ2) is 5.17. The zero-order chi connectivity index (χ0) is 10.0. The molecule has 88 valence electrons. The normalized spacial score (nSPS) is 25.1. The van der Waals surface area contributed by atoms with E-state index in [2.05, 4.69) is 4.90 Å². The van der Waals surface area contributed by atoms with Gasteiger partial charge in [-0.05, 0) is 38.8 Å². The molecule has 2 rings (SSSR count). The van der Waals surface area contributed by atoms with Crippen LogP contribution >= 0.6 is 12.4 Å². The van der Waals surface area contributed by atoms with Crippen molar-refractivity contribution in [3.63, 3.8) is 0 Å². The summed E-state index contributed by atoms with van der Waals surface area (Å²) < 4.78 is 0. The van der Waals surface area contributed by atoms with Gasteiger partial charge in [-0.15, -0.1) is 12.4 Å². The predicted octanol–water partition coefficient (Wildman–Crippen LogP) is 2.15. The largest absolute Gasteiger partial charge is 0.481 e. The molecule has 0 aromatic carbocycles. The molecular weight excluding hydrogens is 214 g/mol. The highest BCUT2D eigenvalue weighted by Gasteiger charge is 2.42. The monoisotopic (exact) mass is 233 g/mol. The fraction of sp³-hybridized carbons (Fsp3) is 0.909. The molecule has 0 atom stereocenters. The van der Waals surface area contributed by atoms with Gasteiger partial charge < -0.3 is 10.0 Å². The first-order valence-corrected chi connectivity index (χ1v) is 5.69. The van der Waals surface area contributed by atoms with E-state index in [-0.39, 0.29) is 12.4 Å².